The third-order valence-corrected chi connectivity index (χ3v) is 4.59. The first-order valence-electron chi connectivity index (χ1n) is 8.21. The molecule has 1 amide bonds. The van der Waals surface area contributed by atoms with Crippen molar-refractivity contribution in [1.29, 1.82) is 0 Å². The number of nitrogens with one attached hydrogen (secondary N) is 1. The number of hydrogen-bond acceptors (Lipinski definition) is 6. The molecule has 2 atom stereocenters. The van der Waals surface area contributed by atoms with Gasteiger partial charge in [0.2, 0.25) is 5.75 Å². The molecule has 2 aromatic rings. The highest BCUT2D eigenvalue weighted by Gasteiger charge is 2.47. The lowest BCUT2D eigenvalue weighted by Gasteiger charge is -2.34. The zero-order chi connectivity index (χ0) is 20.6. The number of rotatable bonds is 5. The van der Waals surface area contributed by atoms with E-state index in [1.807, 2.05) is 0 Å². The van der Waals surface area contributed by atoms with Crippen molar-refractivity contribution < 1.29 is 32.2 Å². The van der Waals surface area contributed by atoms with Gasteiger partial charge in [0.05, 0.1) is 33.6 Å². The first-order chi connectivity index (χ1) is 13.2. The molecule has 1 aromatic carbocycles. The van der Waals surface area contributed by atoms with Gasteiger partial charge >= 0.3 is 6.18 Å². The Balaban J connectivity index is 2.11. The topological polar surface area (TPSA) is 101 Å². The van der Waals surface area contributed by atoms with Crippen LogP contribution in [0.1, 0.15) is 34.4 Å². The van der Waals surface area contributed by atoms with Crippen LogP contribution in [0.15, 0.2) is 18.3 Å². The molecule has 1 aliphatic heterocycles. The van der Waals surface area contributed by atoms with Gasteiger partial charge in [0.15, 0.2) is 17.5 Å². The number of primary amides is 1. The molecule has 1 aromatic heterocycles. The Kier molecular flexibility index (Phi) is 5.01. The molecular formula is C17H19F3N4O4. The third kappa shape index (κ3) is 3.27. The van der Waals surface area contributed by atoms with E-state index in [1.54, 1.807) is 12.1 Å². The minimum atomic E-state index is -4.57. The number of carbonyl (C=O) groups is 1. The fraction of sp³-hybridized carbons (Fsp3) is 0.412. The van der Waals surface area contributed by atoms with E-state index in [0.29, 0.717) is 22.8 Å². The molecule has 0 fully saturated rings. The van der Waals surface area contributed by atoms with Crippen LogP contribution in [0.5, 0.6) is 17.2 Å². The van der Waals surface area contributed by atoms with Gasteiger partial charge in [0, 0.05) is 6.42 Å². The van der Waals surface area contributed by atoms with Crippen molar-refractivity contribution in [3.8, 4) is 17.2 Å². The fourth-order valence-electron chi connectivity index (χ4n) is 3.26. The lowest BCUT2D eigenvalue weighted by Crippen LogP contribution is -2.36. The Labute approximate surface area is 158 Å². The van der Waals surface area contributed by atoms with E-state index in [2.05, 4.69) is 10.4 Å². The summed E-state index contributed by atoms with van der Waals surface area (Å²) in [5.74, 6) is -0.0346. The number of halogens is 3. The maximum absolute atomic E-state index is 13.7. The highest BCUT2D eigenvalue weighted by atomic mass is 19.4. The normalized spacial score (nSPS) is 18.8. The Morgan fingerprint density at radius 2 is 1.82 bits per heavy atom. The quantitative estimate of drug-likeness (QED) is 0.800. The van der Waals surface area contributed by atoms with Gasteiger partial charge in [0.1, 0.15) is 11.4 Å². The van der Waals surface area contributed by atoms with Gasteiger partial charge in [-0.15, -0.1) is 0 Å². The van der Waals surface area contributed by atoms with Gasteiger partial charge in [-0.3, -0.25) is 4.79 Å². The molecule has 3 N–H and O–H groups in total. The Hall–Kier alpha value is -3.11. The molecule has 8 nitrogen and oxygen atoms in total. The number of ether oxygens (including phenoxy) is 3. The average Bonchev–Trinajstić information content (AvgIpc) is 3.09. The number of fused-ring (bicyclic) bond motifs is 1. The van der Waals surface area contributed by atoms with Crippen molar-refractivity contribution in [2.45, 2.75) is 24.7 Å². The maximum Gasteiger partial charge on any atom is 0.410 e. The Bertz CT molecular complexity index is 872. The minimum Gasteiger partial charge on any atom is -0.493 e. The second kappa shape index (κ2) is 7.13. The molecule has 0 aliphatic carbocycles. The van der Waals surface area contributed by atoms with Gasteiger partial charge in [0.25, 0.3) is 5.91 Å². The van der Waals surface area contributed by atoms with Crippen molar-refractivity contribution in [2.24, 2.45) is 5.73 Å². The van der Waals surface area contributed by atoms with Crippen LogP contribution in [-0.2, 0) is 0 Å². The summed E-state index contributed by atoms with van der Waals surface area (Å²) >= 11 is 0. The van der Waals surface area contributed by atoms with Crippen LogP contribution < -0.4 is 25.3 Å². The summed E-state index contributed by atoms with van der Waals surface area (Å²) in [6.45, 7) is 0. The summed E-state index contributed by atoms with van der Waals surface area (Å²) in [6.07, 6.45) is -3.90. The summed E-state index contributed by atoms with van der Waals surface area (Å²) in [5.41, 5.74) is 5.63. The number of nitrogens with zero attached hydrogens (tertiary/aromatic N) is 2. The van der Waals surface area contributed by atoms with Crippen LogP contribution in [0.2, 0.25) is 0 Å². The number of aromatic nitrogens is 2. The van der Waals surface area contributed by atoms with Crippen molar-refractivity contribution in [3.63, 3.8) is 0 Å². The molecular weight excluding hydrogens is 381 g/mol. The molecule has 0 bridgehead atoms. The number of methoxy groups -OCH3 is 3. The average molecular weight is 400 g/mol. The second-order valence-electron chi connectivity index (χ2n) is 6.16. The largest absolute Gasteiger partial charge is 0.493 e. The molecule has 3 rings (SSSR count). The van der Waals surface area contributed by atoms with Gasteiger partial charge in [-0.05, 0) is 17.7 Å². The van der Waals surface area contributed by atoms with E-state index in [1.165, 1.54) is 21.3 Å². The van der Waals surface area contributed by atoms with E-state index >= 15 is 0 Å². The molecule has 0 spiro atoms. The molecule has 28 heavy (non-hydrogen) atoms. The maximum atomic E-state index is 13.7. The van der Waals surface area contributed by atoms with E-state index in [-0.39, 0.29) is 17.8 Å². The number of alkyl halides is 3. The monoisotopic (exact) mass is 400 g/mol. The zero-order valence-electron chi connectivity index (χ0n) is 15.3. The van der Waals surface area contributed by atoms with Crippen LogP contribution in [-0.4, -0.2) is 43.2 Å². The third-order valence-electron chi connectivity index (χ3n) is 4.59. The standard InChI is InChI=1S/C17H19F3N4O4/c1-26-11-4-8(5-12(27-2)14(11)28-3)10-6-13(17(18,19)20)24-16(23-10)9(7-22-24)15(21)25/h4-5,7,10,13,23H,6H2,1-3H3,(H2,21,25)/t10-,13-/m1/s1. The predicted octanol–water partition coefficient (Wildman–Crippen LogP) is 2.67. The molecule has 0 saturated heterocycles. The summed E-state index contributed by atoms with van der Waals surface area (Å²) < 4.78 is 57.5. The van der Waals surface area contributed by atoms with E-state index in [4.69, 9.17) is 19.9 Å². The second-order valence-corrected chi connectivity index (χ2v) is 6.16. The lowest BCUT2D eigenvalue weighted by molar-refractivity contribution is -0.173. The van der Waals surface area contributed by atoms with E-state index in [0.717, 1.165) is 10.9 Å². The van der Waals surface area contributed by atoms with Crippen LogP contribution in [0, 0.1) is 0 Å². The molecule has 0 saturated carbocycles. The first kappa shape index (κ1) is 19.6. The molecule has 0 unspecified atom stereocenters. The van der Waals surface area contributed by atoms with Crippen molar-refractivity contribution in [1.82, 2.24) is 9.78 Å². The van der Waals surface area contributed by atoms with Crippen molar-refractivity contribution in [3.05, 3.63) is 29.5 Å². The lowest BCUT2D eigenvalue weighted by atomic mass is 9.95. The smallest absolute Gasteiger partial charge is 0.410 e. The van der Waals surface area contributed by atoms with Gasteiger partial charge in [-0.1, -0.05) is 0 Å². The first-order valence-corrected chi connectivity index (χ1v) is 8.21. The van der Waals surface area contributed by atoms with Crippen molar-refractivity contribution >= 4 is 11.7 Å². The van der Waals surface area contributed by atoms with E-state index < -0.39 is 24.2 Å². The van der Waals surface area contributed by atoms with Gasteiger partial charge in [-0.2, -0.15) is 18.3 Å². The van der Waals surface area contributed by atoms with Gasteiger partial charge in [-0.25, -0.2) is 4.68 Å². The Morgan fingerprint density at radius 3 is 2.29 bits per heavy atom. The number of amides is 1. The molecule has 152 valence electrons. The van der Waals surface area contributed by atoms with Crippen LogP contribution >= 0.6 is 0 Å². The fourth-order valence-corrected chi connectivity index (χ4v) is 3.26. The van der Waals surface area contributed by atoms with E-state index in [9.17, 15) is 18.0 Å². The Morgan fingerprint density at radius 1 is 1.21 bits per heavy atom. The predicted molar refractivity (Wildman–Crippen MR) is 92.9 cm³/mol. The number of nitrogens with two attached hydrogens (primary N) is 1. The zero-order valence-corrected chi connectivity index (χ0v) is 15.3. The van der Waals surface area contributed by atoms with Crippen molar-refractivity contribution in [2.75, 3.05) is 26.6 Å². The summed E-state index contributed by atoms with van der Waals surface area (Å²) in [7, 11) is 4.25. The highest BCUT2D eigenvalue weighted by molar-refractivity contribution is 5.97. The number of hydrogen-bond donors (Lipinski definition) is 2. The summed E-state index contributed by atoms with van der Waals surface area (Å²) in [6, 6.07) is 0.383. The SMILES string of the molecule is COc1cc([C@H]2C[C@H](C(F)(F)F)n3ncc(C(N)=O)c3N2)cc(OC)c1OC. The molecule has 11 heteroatoms. The van der Waals surface area contributed by atoms with Crippen LogP contribution in [0.4, 0.5) is 19.0 Å². The number of carbonyl (C=O) groups excluding carboxylic acids is 1. The summed E-state index contributed by atoms with van der Waals surface area (Å²) in [5, 5.41) is 6.65. The van der Waals surface area contributed by atoms with Gasteiger partial charge < -0.3 is 25.3 Å². The molecule has 2 heterocycles. The molecule has 0 radical (unpaired) electrons. The number of benzene rings is 1. The number of anilines is 1. The minimum absolute atomic E-state index is 0.0835. The van der Waals surface area contributed by atoms with Crippen LogP contribution in [0.25, 0.3) is 0 Å². The summed E-state index contributed by atoms with van der Waals surface area (Å²) in [4.78, 5) is 11.6. The van der Waals surface area contributed by atoms with Crippen LogP contribution in [0.3, 0.4) is 0 Å². The molecule has 1 aliphatic rings. The highest BCUT2D eigenvalue weighted by Crippen LogP contribution is 2.47.